The Morgan fingerprint density at radius 1 is 1.08 bits per heavy atom. The predicted octanol–water partition coefficient (Wildman–Crippen LogP) is 2.39. The third-order valence-corrected chi connectivity index (χ3v) is 4.42. The van der Waals surface area contributed by atoms with E-state index in [2.05, 4.69) is 16.6 Å². The first-order chi connectivity index (χ1) is 12.6. The lowest BCUT2D eigenvalue weighted by molar-refractivity contribution is 0.174. The summed E-state index contributed by atoms with van der Waals surface area (Å²) >= 11 is 0. The topological polar surface area (TPSA) is 73.9 Å². The maximum absolute atomic E-state index is 11.8. The number of sulfonamides is 1. The van der Waals surface area contributed by atoms with E-state index in [1.807, 2.05) is 30.3 Å². The second kappa shape index (κ2) is 8.43. The third-order valence-electron chi connectivity index (χ3n) is 3.38. The molecule has 0 unspecified atom stereocenters. The van der Waals surface area contributed by atoms with Gasteiger partial charge in [-0.2, -0.15) is 4.72 Å². The highest BCUT2D eigenvalue weighted by atomic mass is 32.2. The van der Waals surface area contributed by atoms with E-state index in [0.717, 1.165) is 11.0 Å². The van der Waals surface area contributed by atoms with Crippen molar-refractivity contribution in [2.45, 2.75) is 0 Å². The highest BCUT2D eigenvalue weighted by Gasteiger charge is 2.13. The molecule has 7 heteroatoms. The first-order valence-corrected chi connectivity index (χ1v) is 9.38. The zero-order chi connectivity index (χ0) is 18.2. The van der Waals surface area contributed by atoms with Gasteiger partial charge in [0.05, 0.1) is 6.54 Å². The molecule has 134 valence electrons. The Kier molecular flexibility index (Phi) is 5.79. The van der Waals surface area contributed by atoms with Crippen molar-refractivity contribution in [1.82, 2.24) is 4.72 Å². The van der Waals surface area contributed by atoms with Gasteiger partial charge in [0.1, 0.15) is 12.4 Å². The molecule has 0 aliphatic carbocycles. The lowest BCUT2D eigenvalue weighted by Crippen LogP contribution is -2.21. The molecule has 2 aromatic rings. The summed E-state index contributed by atoms with van der Waals surface area (Å²) in [6.07, 6.45) is 1.53. The van der Waals surface area contributed by atoms with Gasteiger partial charge >= 0.3 is 0 Å². The molecule has 1 aliphatic rings. The van der Waals surface area contributed by atoms with Gasteiger partial charge in [-0.1, -0.05) is 42.2 Å². The van der Waals surface area contributed by atoms with Crippen LogP contribution in [0.25, 0.3) is 6.08 Å². The van der Waals surface area contributed by atoms with E-state index >= 15 is 0 Å². The molecule has 0 spiro atoms. The van der Waals surface area contributed by atoms with Crippen molar-refractivity contribution in [2.24, 2.45) is 0 Å². The van der Waals surface area contributed by atoms with Crippen molar-refractivity contribution in [2.75, 3.05) is 19.9 Å². The summed E-state index contributed by atoms with van der Waals surface area (Å²) in [6, 6.07) is 14.4. The van der Waals surface area contributed by atoms with Crippen LogP contribution in [0.4, 0.5) is 0 Å². The minimum absolute atomic E-state index is 0.00591. The summed E-state index contributed by atoms with van der Waals surface area (Å²) in [5, 5.41) is 1.12. The van der Waals surface area contributed by atoms with E-state index in [9.17, 15) is 8.42 Å². The summed E-state index contributed by atoms with van der Waals surface area (Å²) < 4.78 is 42.0. The molecule has 1 aliphatic heterocycles. The molecule has 0 radical (unpaired) electrons. The summed E-state index contributed by atoms with van der Waals surface area (Å²) in [4.78, 5) is 0. The largest absolute Gasteiger partial charge is 0.481 e. The van der Waals surface area contributed by atoms with Crippen molar-refractivity contribution in [3.63, 3.8) is 0 Å². The van der Waals surface area contributed by atoms with Gasteiger partial charge in [0.2, 0.25) is 16.8 Å². The van der Waals surface area contributed by atoms with Gasteiger partial charge in [-0.05, 0) is 23.8 Å². The monoisotopic (exact) mass is 371 g/mol. The van der Waals surface area contributed by atoms with Crippen LogP contribution in [0.3, 0.4) is 0 Å². The molecule has 3 rings (SSSR count). The fourth-order valence-corrected chi connectivity index (χ4v) is 2.82. The second-order valence-electron chi connectivity index (χ2n) is 5.24. The van der Waals surface area contributed by atoms with E-state index in [1.54, 1.807) is 18.2 Å². The molecule has 0 saturated carbocycles. The summed E-state index contributed by atoms with van der Waals surface area (Å²) in [5.74, 6) is 7.38. The molecule has 0 saturated heterocycles. The average Bonchev–Trinajstić information content (AvgIpc) is 3.12. The van der Waals surface area contributed by atoms with E-state index in [1.165, 1.54) is 6.08 Å². The van der Waals surface area contributed by atoms with Crippen LogP contribution >= 0.6 is 0 Å². The molecule has 0 bridgehead atoms. The average molecular weight is 371 g/mol. The highest BCUT2D eigenvalue weighted by molar-refractivity contribution is 7.92. The Labute approximate surface area is 152 Å². The van der Waals surface area contributed by atoms with Crippen molar-refractivity contribution in [3.05, 3.63) is 59.5 Å². The second-order valence-corrected chi connectivity index (χ2v) is 6.89. The van der Waals surface area contributed by atoms with Crippen LogP contribution in [0.5, 0.6) is 17.2 Å². The minimum Gasteiger partial charge on any atom is -0.481 e. The van der Waals surface area contributed by atoms with Gasteiger partial charge < -0.3 is 14.2 Å². The number of fused-ring (bicyclic) bond motifs is 1. The number of hydrogen-bond donors (Lipinski definition) is 1. The molecule has 2 aromatic carbocycles. The van der Waals surface area contributed by atoms with E-state index in [4.69, 9.17) is 14.2 Å². The van der Waals surface area contributed by atoms with Gasteiger partial charge in [0.15, 0.2) is 11.5 Å². The maximum atomic E-state index is 11.8. The van der Waals surface area contributed by atoms with Gasteiger partial charge in [0.25, 0.3) is 0 Å². The van der Waals surface area contributed by atoms with Crippen molar-refractivity contribution < 1.29 is 22.6 Å². The van der Waals surface area contributed by atoms with Crippen LogP contribution in [0.2, 0.25) is 0 Å². The van der Waals surface area contributed by atoms with Gasteiger partial charge in [-0.25, -0.2) is 8.42 Å². The fraction of sp³-hybridized carbons (Fsp3) is 0.158. The minimum atomic E-state index is -3.53. The number of nitrogens with one attached hydrogen (secondary N) is 1. The molecule has 0 amide bonds. The Morgan fingerprint density at radius 2 is 1.88 bits per heavy atom. The van der Waals surface area contributed by atoms with Crippen LogP contribution in [-0.4, -0.2) is 28.4 Å². The molecular formula is C19H17NO5S. The Hall–Kier alpha value is -2.95. The summed E-state index contributed by atoms with van der Waals surface area (Å²) in [5.41, 5.74) is 0.807. The first kappa shape index (κ1) is 17.9. The van der Waals surface area contributed by atoms with Crippen LogP contribution in [0.15, 0.2) is 53.9 Å². The number of ether oxygens (including phenoxy) is 3. The number of hydrogen-bond acceptors (Lipinski definition) is 5. The van der Waals surface area contributed by atoms with Crippen molar-refractivity contribution in [1.29, 1.82) is 0 Å². The Morgan fingerprint density at radius 3 is 2.73 bits per heavy atom. The molecule has 1 N–H and O–H groups in total. The number of rotatable bonds is 6. The Bertz CT molecular complexity index is 943. The molecule has 6 nitrogen and oxygen atoms in total. The maximum Gasteiger partial charge on any atom is 0.234 e. The van der Waals surface area contributed by atoms with Gasteiger partial charge in [-0.15, -0.1) is 0 Å². The molecule has 1 heterocycles. The normalized spacial score (nSPS) is 12.6. The zero-order valence-electron chi connectivity index (χ0n) is 13.8. The molecule has 26 heavy (non-hydrogen) atoms. The first-order valence-electron chi connectivity index (χ1n) is 7.83. The number of benzene rings is 2. The lowest BCUT2D eigenvalue weighted by atomic mass is 10.2. The van der Waals surface area contributed by atoms with Crippen LogP contribution < -0.4 is 18.9 Å². The zero-order valence-corrected chi connectivity index (χ0v) is 14.7. The van der Waals surface area contributed by atoms with Crippen LogP contribution in [-0.2, 0) is 10.0 Å². The smallest absolute Gasteiger partial charge is 0.234 e. The molecule has 0 atom stereocenters. The van der Waals surface area contributed by atoms with E-state index in [-0.39, 0.29) is 19.9 Å². The summed E-state index contributed by atoms with van der Waals surface area (Å²) in [7, 11) is -3.53. The fourth-order valence-electron chi connectivity index (χ4n) is 2.12. The van der Waals surface area contributed by atoms with Crippen LogP contribution in [0, 0.1) is 11.8 Å². The quantitative estimate of drug-likeness (QED) is 0.790. The van der Waals surface area contributed by atoms with Crippen molar-refractivity contribution >= 4 is 16.1 Å². The predicted molar refractivity (Wildman–Crippen MR) is 98.2 cm³/mol. The SMILES string of the molecule is O=S(=O)(/C=C/c1ccccc1)NCC#CCOc1ccc2c(c1)OCO2. The molecule has 0 fully saturated rings. The standard InChI is InChI=1S/C19H17NO5S/c21-26(22,13-10-16-6-2-1-3-7-16)20-11-4-5-12-23-17-8-9-18-19(14-17)25-15-24-18/h1-3,6-10,13-14,20H,11-12,15H2/b13-10+. The molecule has 0 aromatic heterocycles. The summed E-state index contributed by atoms with van der Waals surface area (Å²) in [6.45, 7) is 0.352. The van der Waals surface area contributed by atoms with E-state index in [0.29, 0.717) is 17.2 Å². The van der Waals surface area contributed by atoms with Gasteiger partial charge in [0, 0.05) is 11.5 Å². The molecular weight excluding hydrogens is 354 g/mol. The van der Waals surface area contributed by atoms with Crippen molar-refractivity contribution in [3.8, 4) is 29.1 Å². The third kappa shape index (κ3) is 5.28. The van der Waals surface area contributed by atoms with E-state index < -0.39 is 10.0 Å². The van der Waals surface area contributed by atoms with Gasteiger partial charge in [-0.3, -0.25) is 0 Å². The highest BCUT2D eigenvalue weighted by Crippen LogP contribution is 2.34. The Balaban J connectivity index is 1.43. The lowest BCUT2D eigenvalue weighted by Gasteiger charge is -2.02. The van der Waals surface area contributed by atoms with Crippen LogP contribution in [0.1, 0.15) is 5.56 Å².